The van der Waals surface area contributed by atoms with Gasteiger partial charge in [-0.25, -0.2) is 0 Å². The Labute approximate surface area is 268 Å². The summed E-state index contributed by atoms with van der Waals surface area (Å²) in [5.74, 6) is 0. The summed E-state index contributed by atoms with van der Waals surface area (Å²) in [6.45, 7) is 0. The minimum Gasteiger partial charge on any atom is -0.456 e. The molecule has 0 aliphatic rings. The van der Waals surface area contributed by atoms with Crippen LogP contribution in [-0.4, -0.2) is 0 Å². The lowest BCUT2D eigenvalue weighted by atomic mass is 10.0. The molecule has 3 aromatic heterocycles. The average Bonchev–Trinajstić information content (AvgIpc) is 3.80. The number of para-hydroxylation sites is 1. The second-order valence-electron chi connectivity index (χ2n) is 11.7. The highest BCUT2D eigenvalue weighted by molar-refractivity contribution is 7.26. The van der Waals surface area contributed by atoms with E-state index in [1.54, 1.807) is 0 Å². The Morgan fingerprint density at radius 1 is 0.413 bits per heavy atom. The first-order chi connectivity index (χ1) is 22.8. The van der Waals surface area contributed by atoms with Gasteiger partial charge in [0, 0.05) is 47.7 Å². The lowest BCUT2D eigenvalue weighted by Gasteiger charge is -2.26. The smallest absolute Gasteiger partial charge is 0.137 e. The third-order valence-electron chi connectivity index (χ3n) is 9.07. The van der Waals surface area contributed by atoms with Gasteiger partial charge < -0.3 is 13.7 Å². The molecular weight excluding hydrogens is 583 g/mol. The highest BCUT2D eigenvalue weighted by atomic mass is 32.1. The first-order valence-corrected chi connectivity index (χ1v) is 16.2. The van der Waals surface area contributed by atoms with Crippen molar-refractivity contribution in [1.82, 2.24) is 0 Å². The van der Waals surface area contributed by atoms with Crippen molar-refractivity contribution in [2.75, 3.05) is 4.90 Å². The van der Waals surface area contributed by atoms with Gasteiger partial charge in [-0.2, -0.15) is 0 Å². The quantitative estimate of drug-likeness (QED) is 0.199. The van der Waals surface area contributed by atoms with E-state index >= 15 is 0 Å². The van der Waals surface area contributed by atoms with Crippen molar-refractivity contribution in [1.29, 1.82) is 0 Å². The van der Waals surface area contributed by atoms with Crippen LogP contribution in [0.2, 0.25) is 0 Å². The standard InChI is InChI=1S/C42H25NO2S/c1-2-9-26(10-3-1)27-17-19-28(20-18-27)43(29-21-23-36-33(25-29)30-11-4-6-14-35(30)44-36)34-13-8-15-37-40(34)41-38(45-37)24-22-32-31-12-5-7-16-39(31)46-42(32)41/h1-25H. The largest absolute Gasteiger partial charge is 0.456 e. The Kier molecular flexibility index (Phi) is 5.45. The molecule has 46 heavy (non-hydrogen) atoms. The van der Waals surface area contributed by atoms with Gasteiger partial charge in [-0.15, -0.1) is 11.3 Å². The number of anilines is 3. The van der Waals surface area contributed by atoms with E-state index in [1.165, 1.54) is 31.3 Å². The Morgan fingerprint density at radius 3 is 1.96 bits per heavy atom. The fourth-order valence-corrected chi connectivity index (χ4v) is 8.21. The molecule has 0 aliphatic carbocycles. The molecule has 10 rings (SSSR count). The normalized spacial score (nSPS) is 11.9. The summed E-state index contributed by atoms with van der Waals surface area (Å²) in [4.78, 5) is 2.36. The van der Waals surface area contributed by atoms with Gasteiger partial charge in [0.1, 0.15) is 22.3 Å². The van der Waals surface area contributed by atoms with Crippen molar-refractivity contribution >= 4 is 92.4 Å². The van der Waals surface area contributed by atoms with Crippen LogP contribution in [0.25, 0.3) is 75.2 Å². The molecule has 3 nitrogen and oxygen atoms in total. The summed E-state index contributed by atoms with van der Waals surface area (Å²) in [5, 5.41) is 7.01. The molecule has 0 atom stereocenters. The van der Waals surface area contributed by atoms with Gasteiger partial charge in [0.05, 0.1) is 11.1 Å². The fourth-order valence-electron chi connectivity index (χ4n) is 6.97. The summed E-state index contributed by atoms with van der Waals surface area (Å²) >= 11 is 1.84. The minimum absolute atomic E-state index is 0.873. The van der Waals surface area contributed by atoms with Crippen molar-refractivity contribution < 1.29 is 8.83 Å². The number of rotatable bonds is 4. The van der Waals surface area contributed by atoms with Crippen LogP contribution in [0.4, 0.5) is 17.1 Å². The Balaban J connectivity index is 1.27. The first-order valence-electron chi connectivity index (χ1n) is 15.4. The SMILES string of the molecule is c1ccc(-c2ccc(N(c3ccc4oc5ccccc5c4c3)c3cccc4oc5ccc6c7ccccc7sc6c5c34)cc2)cc1. The molecule has 4 heteroatoms. The van der Waals surface area contributed by atoms with Gasteiger partial charge in [-0.3, -0.25) is 0 Å². The molecule has 0 amide bonds. The van der Waals surface area contributed by atoms with E-state index in [0.717, 1.165) is 60.9 Å². The van der Waals surface area contributed by atoms with Crippen LogP contribution in [-0.2, 0) is 0 Å². The highest BCUT2D eigenvalue weighted by Crippen LogP contribution is 2.48. The lowest BCUT2D eigenvalue weighted by molar-refractivity contribution is 0.668. The molecule has 0 saturated heterocycles. The molecule has 0 N–H and O–H groups in total. The molecule has 3 heterocycles. The van der Waals surface area contributed by atoms with Crippen LogP contribution in [0.1, 0.15) is 0 Å². The van der Waals surface area contributed by atoms with Crippen LogP contribution in [0.15, 0.2) is 160 Å². The lowest BCUT2D eigenvalue weighted by Crippen LogP contribution is -2.10. The number of hydrogen-bond acceptors (Lipinski definition) is 4. The maximum Gasteiger partial charge on any atom is 0.137 e. The predicted molar refractivity (Wildman–Crippen MR) is 194 cm³/mol. The number of benzene rings is 7. The molecule has 0 bridgehead atoms. The van der Waals surface area contributed by atoms with Crippen LogP contribution in [0.3, 0.4) is 0 Å². The van der Waals surface area contributed by atoms with Crippen molar-refractivity contribution in [3.05, 3.63) is 152 Å². The van der Waals surface area contributed by atoms with Crippen LogP contribution in [0, 0.1) is 0 Å². The maximum absolute atomic E-state index is 6.58. The molecule has 0 aliphatic heterocycles. The third kappa shape index (κ3) is 3.77. The zero-order valence-corrected chi connectivity index (χ0v) is 25.4. The van der Waals surface area contributed by atoms with Gasteiger partial charge in [0.25, 0.3) is 0 Å². The van der Waals surface area contributed by atoms with Gasteiger partial charge in [0.15, 0.2) is 0 Å². The van der Waals surface area contributed by atoms with Crippen molar-refractivity contribution in [3.63, 3.8) is 0 Å². The molecule has 7 aromatic carbocycles. The average molecular weight is 608 g/mol. The van der Waals surface area contributed by atoms with E-state index in [4.69, 9.17) is 8.83 Å². The molecule has 0 radical (unpaired) electrons. The number of hydrogen-bond donors (Lipinski definition) is 0. The van der Waals surface area contributed by atoms with E-state index in [2.05, 4.69) is 144 Å². The first kappa shape index (κ1) is 25.5. The second-order valence-corrected chi connectivity index (χ2v) is 12.7. The van der Waals surface area contributed by atoms with Crippen molar-refractivity contribution in [2.45, 2.75) is 0 Å². The Morgan fingerprint density at radius 2 is 1.07 bits per heavy atom. The fraction of sp³-hybridized carbons (Fsp3) is 0. The minimum atomic E-state index is 0.873. The molecule has 216 valence electrons. The van der Waals surface area contributed by atoms with Crippen molar-refractivity contribution in [2.24, 2.45) is 0 Å². The summed E-state index contributed by atoms with van der Waals surface area (Å²) in [7, 11) is 0. The van der Waals surface area contributed by atoms with E-state index in [0.29, 0.717) is 0 Å². The van der Waals surface area contributed by atoms with Gasteiger partial charge >= 0.3 is 0 Å². The van der Waals surface area contributed by atoms with E-state index in [1.807, 2.05) is 23.5 Å². The second kappa shape index (κ2) is 9.83. The summed E-state index contributed by atoms with van der Waals surface area (Å²) in [6.07, 6.45) is 0. The molecule has 0 saturated carbocycles. The molecule has 0 spiro atoms. The zero-order valence-electron chi connectivity index (χ0n) is 24.6. The summed E-state index contributed by atoms with van der Waals surface area (Å²) < 4.78 is 15.3. The van der Waals surface area contributed by atoms with E-state index in [9.17, 15) is 0 Å². The molecule has 10 aromatic rings. The highest BCUT2D eigenvalue weighted by Gasteiger charge is 2.22. The van der Waals surface area contributed by atoms with Gasteiger partial charge in [-0.05, 0) is 77.9 Å². The topological polar surface area (TPSA) is 29.5 Å². The molecule has 0 unspecified atom stereocenters. The zero-order chi connectivity index (χ0) is 30.2. The van der Waals surface area contributed by atoms with Crippen LogP contribution >= 0.6 is 11.3 Å². The van der Waals surface area contributed by atoms with Crippen LogP contribution in [0.5, 0.6) is 0 Å². The van der Waals surface area contributed by atoms with Gasteiger partial charge in [-0.1, -0.05) is 84.9 Å². The Bertz CT molecular complexity index is 2750. The number of nitrogens with zero attached hydrogens (tertiary/aromatic N) is 1. The number of fused-ring (bicyclic) bond motifs is 10. The third-order valence-corrected chi connectivity index (χ3v) is 10.3. The molecular formula is C42H25NO2S. The summed E-state index contributed by atoms with van der Waals surface area (Å²) in [5.41, 5.74) is 9.11. The van der Waals surface area contributed by atoms with Gasteiger partial charge in [0.2, 0.25) is 0 Å². The van der Waals surface area contributed by atoms with Crippen molar-refractivity contribution in [3.8, 4) is 11.1 Å². The summed E-state index contributed by atoms with van der Waals surface area (Å²) in [6, 6.07) is 53.5. The van der Waals surface area contributed by atoms with E-state index < -0.39 is 0 Å². The van der Waals surface area contributed by atoms with Crippen LogP contribution < -0.4 is 4.90 Å². The maximum atomic E-state index is 6.58. The number of furan rings is 2. The van der Waals surface area contributed by atoms with E-state index in [-0.39, 0.29) is 0 Å². The molecule has 0 fully saturated rings. The monoisotopic (exact) mass is 607 g/mol. The Hall–Kier alpha value is -5.84. The predicted octanol–water partition coefficient (Wildman–Crippen LogP) is 13.0. The number of thiophene rings is 1.